The molecule has 0 aromatic carbocycles. The first-order chi connectivity index (χ1) is 8.70. The van der Waals surface area contributed by atoms with E-state index in [9.17, 15) is 9.59 Å². The van der Waals surface area contributed by atoms with Crippen molar-refractivity contribution in [3.63, 3.8) is 0 Å². The maximum atomic E-state index is 12.2. The van der Waals surface area contributed by atoms with Crippen LogP contribution in [0.25, 0.3) is 0 Å². The molecule has 18 heavy (non-hydrogen) atoms. The maximum Gasteiger partial charge on any atom is 0.274 e. The van der Waals surface area contributed by atoms with Crippen molar-refractivity contribution >= 4 is 21.8 Å². The third kappa shape index (κ3) is 3.19. The van der Waals surface area contributed by atoms with Crippen LogP contribution in [-0.4, -0.2) is 39.4 Å². The summed E-state index contributed by atoms with van der Waals surface area (Å²) in [6.07, 6.45) is 3.30. The average molecular weight is 314 g/mol. The number of likely N-dealkylation sites (tertiary alicyclic amines) is 1. The fourth-order valence-corrected chi connectivity index (χ4v) is 2.91. The molecule has 5 nitrogen and oxygen atoms in total. The first kappa shape index (κ1) is 13.3. The lowest BCUT2D eigenvalue weighted by Crippen LogP contribution is -2.40. The smallest absolute Gasteiger partial charge is 0.274 e. The Labute approximate surface area is 114 Å². The number of piperidine rings is 1. The summed E-state index contributed by atoms with van der Waals surface area (Å²) in [7, 11) is 0. The van der Waals surface area contributed by atoms with Crippen LogP contribution in [0, 0.1) is 5.92 Å². The van der Waals surface area contributed by atoms with Crippen molar-refractivity contribution in [2.75, 3.05) is 18.4 Å². The van der Waals surface area contributed by atoms with Gasteiger partial charge in [0, 0.05) is 24.5 Å². The van der Waals surface area contributed by atoms with Gasteiger partial charge in [-0.05, 0) is 31.2 Å². The fourth-order valence-electron chi connectivity index (χ4n) is 2.27. The molecule has 1 fully saturated rings. The van der Waals surface area contributed by atoms with E-state index >= 15 is 0 Å². The van der Waals surface area contributed by atoms with Crippen LogP contribution in [0.4, 0.5) is 0 Å². The molecule has 1 aromatic heterocycles. The van der Waals surface area contributed by atoms with E-state index in [1.54, 1.807) is 0 Å². The zero-order chi connectivity index (χ0) is 13.0. The van der Waals surface area contributed by atoms with Crippen LogP contribution in [0.1, 0.15) is 29.8 Å². The Balaban J connectivity index is 2.04. The van der Waals surface area contributed by atoms with Gasteiger partial charge in [0.1, 0.15) is 5.69 Å². The lowest BCUT2D eigenvalue weighted by Gasteiger charge is -2.32. The van der Waals surface area contributed by atoms with Crippen LogP contribution >= 0.6 is 15.9 Å². The van der Waals surface area contributed by atoms with E-state index in [4.69, 9.17) is 0 Å². The molecule has 1 aliphatic rings. The summed E-state index contributed by atoms with van der Waals surface area (Å²) >= 11 is 3.44. The standard InChI is InChI=1S/C12H16BrN3O2/c13-6-5-9-2-1-7-16(8-9)12(18)10-3-4-11(17)15-14-10/h3-4,9H,1-2,5-8H2,(H,15,17). The topological polar surface area (TPSA) is 66.1 Å². The molecule has 0 radical (unpaired) electrons. The summed E-state index contributed by atoms with van der Waals surface area (Å²) in [5, 5.41) is 7.05. The number of rotatable bonds is 3. The molecular weight excluding hydrogens is 298 g/mol. The Kier molecular flexibility index (Phi) is 4.52. The molecule has 1 saturated heterocycles. The number of alkyl halides is 1. The van der Waals surface area contributed by atoms with Gasteiger partial charge in [0.2, 0.25) is 0 Å². The van der Waals surface area contributed by atoms with Gasteiger partial charge in [-0.25, -0.2) is 5.10 Å². The molecule has 2 rings (SSSR count). The summed E-state index contributed by atoms with van der Waals surface area (Å²) < 4.78 is 0. The molecule has 1 aromatic rings. The second kappa shape index (κ2) is 6.13. The number of carbonyl (C=O) groups excluding carboxylic acids is 1. The lowest BCUT2D eigenvalue weighted by atomic mass is 9.95. The van der Waals surface area contributed by atoms with Crippen molar-refractivity contribution in [1.29, 1.82) is 0 Å². The van der Waals surface area contributed by atoms with Gasteiger partial charge in [0.05, 0.1) is 0 Å². The zero-order valence-electron chi connectivity index (χ0n) is 10.1. The monoisotopic (exact) mass is 313 g/mol. The van der Waals surface area contributed by atoms with Crippen LogP contribution in [0.15, 0.2) is 16.9 Å². The molecule has 1 N–H and O–H groups in total. The maximum absolute atomic E-state index is 12.2. The van der Waals surface area contributed by atoms with Gasteiger partial charge in [-0.15, -0.1) is 0 Å². The normalized spacial score (nSPS) is 19.8. The van der Waals surface area contributed by atoms with Gasteiger partial charge >= 0.3 is 0 Å². The third-order valence-corrected chi connectivity index (χ3v) is 3.68. The second-order valence-corrected chi connectivity index (χ2v) is 5.34. The molecule has 6 heteroatoms. The molecule has 1 amide bonds. The largest absolute Gasteiger partial charge is 0.337 e. The number of carbonyl (C=O) groups is 1. The molecule has 2 heterocycles. The average Bonchev–Trinajstić information content (AvgIpc) is 2.39. The van der Waals surface area contributed by atoms with Gasteiger partial charge in [0.15, 0.2) is 0 Å². The summed E-state index contributed by atoms with van der Waals surface area (Å²) in [5.74, 6) is 0.468. The molecular formula is C12H16BrN3O2. The van der Waals surface area contributed by atoms with Gasteiger partial charge in [-0.1, -0.05) is 15.9 Å². The quantitative estimate of drug-likeness (QED) is 0.858. The Morgan fingerprint density at radius 3 is 3.06 bits per heavy atom. The number of aromatic amines is 1. The summed E-state index contributed by atoms with van der Waals surface area (Å²) in [5.41, 5.74) is 0.0245. The molecule has 0 aliphatic carbocycles. The highest BCUT2D eigenvalue weighted by Crippen LogP contribution is 2.21. The first-order valence-corrected chi connectivity index (χ1v) is 7.24. The minimum absolute atomic E-state index is 0.0921. The number of halogens is 1. The number of amides is 1. The molecule has 0 saturated carbocycles. The first-order valence-electron chi connectivity index (χ1n) is 6.11. The molecule has 98 valence electrons. The number of hydrogen-bond donors (Lipinski definition) is 1. The SMILES string of the molecule is O=C(c1ccc(=O)[nH]n1)N1CCCC(CCBr)C1. The van der Waals surface area contributed by atoms with Crippen molar-refractivity contribution in [2.45, 2.75) is 19.3 Å². The third-order valence-electron chi connectivity index (χ3n) is 3.22. The van der Waals surface area contributed by atoms with Gasteiger partial charge in [-0.2, -0.15) is 5.10 Å². The summed E-state index contributed by atoms with van der Waals surface area (Å²) in [6.45, 7) is 1.56. The van der Waals surface area contributed by atoms with Crippen molar-refractivity contribution in [3.8, 4) is 0 Å². The Morgan fingerprint density at radius 2 is 2.39 bits per heavy atom. The Hall–Kier alpha value is -1.17. The van der Waals surface area contributed by atoms with Crippen LogP contribution in [-0.2, 0) is 0 Å². The highest BCUT2D eigenvalue weighted by Gasteiger charge is 2.24. The van der Waals surface area contributed by atoms with Crippen LogP contribution < -0.4 is 5.56 Å². The van der Waals surface area contributed by atoms with E-state index in [1.807, 2.05) is 4.90 Å². The van der Waals surface area contributed by atoms with Gasteiger partial charge in [0.25, 0.3) is 11.5 Å². The Morgan fingerprint density at radius 1 is 1.56 bits per heavy atom. The molecule has 1 unspecified atom stereocenters. The highest BCUT2D eigenvalue weighted by molar-refractivity contribution is 9.09. The minimum Gasteiger partial charge on any atom is -0.337 e. The highest BCUT2D eigenvalue weighted by atomic mass is 79.9. The van der Waals surface area contributed by atoms with Crippen LogP contribution in [0.3, 0.4) is 0 Å². The molecule has 1 aliphatic heterocycles. The number of aromatic nitrogens is 2. The van der Waals surface area contributed by atoms with E-state index < -0.39 is 0 Å². The fraction of sp³-hybridized carbons (Fsp3) is 0.583. The van der Waals surface area contributed by atoms with E-state index in [0.717, 1.165) is 31.3 Å². The second-order valence-electron chi connectivity index (χ2n) is 4.54. The Bertz CT molecular complexity index is 452. The molecule has 0 spiro atoms. The minimum atomic E-state index is -0.289. The number of H-pyrrole nitrogens is 1. The van der Waals surface area contributed by atoms with Crippen molar-refractivity contribution in [3.05, 3.63) is 28.2 Å². The number of hydrogen-bond acceptors (Lipinski definition) is 3. The van der Waals surface area contributed by atoms with Crippen molar-refractivity contribution < 1.29 is 4.79 Å². The van der Waals surface area contributed by atoms with Crippen LogP contribution in [0.2, 0.25) is 0 Å². The number of nitrogens with one attached hydrogen (secondary N) is 1. The predicted octanol–water partition coefficient (Wildman–Crippen LogP) is 1.41. The van der Waals surface area contributed by atoms with Gasteiger partial charge < -0.3 is 4.90 Å². The summed E-state index contributed by atoms with van der Waals surface area (Å²) in [4.78, 5) is 24.9. The lowest BCUT2D eigenvalue weighted by molar-refractivity contribution is 0.0664. The number of nitrogens with zero attached hydrogens (tertiary/aromatic N) is 2. The van der Waals surface area contributed by atoms with E-state index in [2.05, 4.69) is 26.1 Å². The predicted molar refractivity (Wildman–Crippen MR) is 71.9 cm³/mol. The molecule has 1 atom stereocenters. The van der Waals surface area contributed by atoms with E-state index in [0.29, 0.717) is 11.6 Å². The van der Waals surface area contributed by atoms with E-state index in [1.165, 1.54) is 18.6 Å². The molecule has 0 bridgehead atoms. The zero-order valence-corrected chi connectivity index (χ0v) is 11.6. The van der Waals surface area contributed by atoms with Crippen molar-refractivity contribution in [1.82, 2.24) is 15.1 Å². The van der Waals surface area contributed by atoms with Gasteiger partial charge in [-0.3, -0.25) is 9.59 Å². The van der Waals surface area contributed by atoms with Crippen LogP contribution in [0.5, 0.6) is 0 Å². The van der Waals surface area contributed by atoms with Crippen molar-refractivity contribution in [2.24, 2.45) is 5.92 Å². The van der Waals surface area contributed by atoms with E-state index in [-0.39, 0.29) is 11.5 Å². The summed E-state index contributed by atoms with van der Waals surface area (Å²) in [6, 6.07) is 2.81.